The van der Waals surface area contributed by atoms with Gasteiger partial charge in [0.2, 0.25) is 27.2 Å². The minimum atomic E-state index is -1.14. The summed E-state index contributed by atoms with van der Waals surface area (Å²) in [4.78, 5) is 134. The normalized spacial score (nSPS) is 12.0. The maximum absolute atomic E-state index is 11.0. The third kappa shape index (κ3) is 76.0. The van der Waals surface area contributed by atoms with Crippen molar-refractivity contribution in [1.29, 1.82) is 0 Å². The van der Waals surface area contributed by atoms with Crippen molar-refractivity contribution in [1.82, 2.24) is 19.6 Å². The van der Waals surface area contributed by atoms with E-state index in [2.05, 4.69) is 71.6 Å². The Morgan fingerprint density at radius 1 is 0.310 bits per heavy atom. The predicted octanol–water partition coefficient (Wildman–Crippen LogP) is -0.315. The van der Waals surface area contributed by atoms with Crippen molar-refractivity contribution in [3.8, 4) is 0 Å². The van der Waals surface area contributed by atoms with E-state index in [1.165, 1.54) is 0 Å². The van der Waals surface area contributed by atoms with Crippen molar-refractivity contribution in [2.24, 2.45) is 0 Å². The van der Waals surface area contributed by atoms with Crippen molar-refractivity contribution < 1.29 is 174 Å². The number of carbonyl (C=O) groups excluding carboxylic acids is 4. The molecule has 0 amide bonds. The van der Waals surface area contributed by atoms with Crippen molar-refractivity contribution in [3.05, 3.63) is 52.6 Å². The number of carboxylic acids is 4. The minimum Gasteiger partial charge on any atom is -0.480 e. The molecule has 40 heteroatoms. The number of carbonyl (C=O) groups is 8. The Labute approximate surface area is 583 Å². The zero-order chi connectivity index (χ0) is 75.6. The Kier molecular flexibility index (Phi) is 87.2. The standard InChI is InChI=1S/C52H94N4O36.4C2H4/c1-45(55(9-16-71-25-29-76-35-51(65)66)10-17-72-26-30-77-36-52(67)68)83-32-47(82-18-6-53(3-13-69-23-27-74-33-49(61)62)4-14-70-24-28-75-34-50(63)64)48(92-46(2)56(11-21-86-90-43-80-39-59)12-22-87-91-44-81-40-60)31-73-15-5-54(7-19-84-88-41-78-37-57)8-20-85-89-42-79-38-58;4*1-2/h37-40,45-48H,3-36,41-44H2,1-2H3,(H,61,62)(H,63,64)(H,65,66)(H,67,68);4*1-2H2. The van der Waals surface area contributed by atoms with Crippen LogP contribution in [0.25, 0.3) is 0 Å². The molecule has 40 nitrogen and oxygen atoms in total. The second kappa shape index (κ2) is 85.2. The van der Waals surface area contributed by atoms with E-state index in [9.17, 15) is 38.4 Å². The van der Waals surface area contributed by atoms with Crippen LogP contribution in [0.2, 0.25) is 0 Å². The van der Waals surface area contributed by atoms with Gasteiger partial charge in [0.15, 0.2) is 0 Å². The Morgan fingerprint density at radius 2 is 0.580 bits per heavy atom. The van der Waals surface area contributed by atoms with Crippen LogP contribution in [-0.4, -0.2) is 366 Å². The number of hydrogen-bond acceptors (Lipinski definition) is 36. The van der Waals surface area contributed by atoms with Crippen LogP contribution in [0.1, 0.15) is 13.8 Å². The third-order valence-corrected chi connectivity index (χ3v) is 11.4. The highest BCUT2D eigenvalue weighted by Crippen LogP contribution is 2.16. The molecule has 586 valence electrons. The Bertz CT molecular complexity index is 1750. The van der Waals surface area contributed by atoms with E-state index in [1.807, 2.05) is 14.7 Å². The summed E-state index contributed by atoms with van der Waals surface area (Å²) in [6.07, 6.45) is -3.53. The molecule has 0 saturated carbocycles. The number of nitrogens with zero attached hydrogens (tertiary/aromatic N) is 4. The number of carboxylic acid groups (broad SMARTS) is 4. The molecule has 100 heavy (non-hydrogen) atoms. The van der Waals surface area contributed by atoms with Crippen LogP contribution in [0.3, 0.4) is 0 Å². The Morgan fingerprint density at radius 3 is 0.910 bits per heavy atom. The fourth-order valence-corrected chi connectivity index (χ4v) is 7.03. The van der Waals surface area contributed by atoms with Gasteiger partial charge in [-0.05, 0) is 13.8 Å². The molecule has 4 unspecified atom stereocenters. The topological polar surface area (TPSA) is 452 Å². The molecule has 0 aromatic heterocycles. The number of ether oxygens (including phenoxy) is 16. The van der Waals surface area contributed by atoms with E-state index < -0.39 is 102 Å². The van der Waals surface area contributed by atoms with Gasteiger partial charge < -0.3 is 96.2 Å². The van der Waals surface area contributed by atoms with Gasteiger partial charge in [-0.25, -0.2) is 38.7 Å². The fraction of sp³-hybridized carbons (Fsp3) is 0.733. The van der Waals surface area contributed by atoms with E-state index in [1.54, 1.807) is 18.7 Å². The first-order chi connectivity index (χ1) is 48.8. The molecule has 0 spiro atoms. The summed E-state index contributed by atoms with van der Waals surface area (Å²) in [5.74, 6) is -4.54. The van der Waals surface area contributed by atoms with Crippen molar-refractivity contribution >= 4 is 49.8 Å². The number of rotatable bonds is 77. The second-order valence-electron chi connectivity index (χ2n) is 18.0. The fourth-order valence-electron chi connectivity index (χ4n) is 7.03. The maximum atomic E-state index is 11.0. The smallest absolute Gasteiger partial charge is 0.329 e. The van der Waals surface area contributed by atoms with Gasteiger partial charge >= 0.3 is 23.9 Å². The highest BCUT2D eigenvalue weighted by molar-refractivity contribution is 5.68. The molecule has 0 aliphatic rings. The zero-order valence-corrected chi connectivity index (χ0v) is 57.8. The lowest BCUT2D eigenvalue weighted by molar-refractivity contribution is -0.336. The van der Waals surface area contributed by atoms with E-state index in [-0.39, 0.29) is 210 Å². The summed E-state index contributed by atoms with van der Waals surface area (Å²) in [7, 11) is 0. The highest BCUT2D eigenvalue weighted by atomic mass is 17.2. The van der Waals surface area contributed by atoms with Crippen LogP contribution < -0.4 is 0 Å². The third-order valence-electron chi connectivity index (χ3n) is 11.4. The maximum Gasteiger partial charge on any atom is 0.329 e. The molecule has 0 fully saturated rings. The SMILES string of the molecule is C=C.C=C.C=C.C=C.CC(OCC(OCCN(CCOCCOCC(=O)O)CCOCCOCC(=O)O)C(COCCN(CCOOCOC=O)CCOOCOC=O)OC(C)N(CCOOCOC=O)CCOOCOC=O)N(CCOCCOCC(=O)O)CCOCCOCC(=O)O. The molecule has 0 radical (unpaired) electrons. The summed E-state index contributed by atoms with van der Waals surface area (Å²) >= 11 is 0. The second-order valence-corrected chi connectivity index (χ2v) is 18.0. The minimum absolute atomic E-state index is 0.00501. The van der Waals surface area contributed by atoms with Gasteiger partial charge in [-0.1, -0.05) is 0 Å². The van der Waals surface area contributed by atoms with Gasteiger partial charge in [-0.2, -0.15) is 19.6 Å². The van der Waals surface area contributed by atoms with Crippen LogP contribution in [0, 0.1) is 0 Å². The van der Waals surface area contributed by atoms with Crippen LogP contribution in [0.4, 0.5) is 0 Å². The van der Waals surface area contributed by atoms with E-state index in [0.29, 0.717) is 13.1 Å². The van der Waals surface area contributed by atoms with Gasteiger partial charge in [0, 0.05) is 65.4 Å². The zero-order valence-electron chi connectivity index (χ0n) is 57.8. The average molecular weight is 1460 g/mol. The molecule has 0 aromatic rings. The van der Waals surface area contributed by atoms with Crippen molar-refractivity contribution in [3.63, 3.8) is 0 Å². The quantitative estimate of drug-likeness (QED) is 0.0115. The summed E-state index contributed by atoms with van der Waals surface area (Å²) < 4.78 is 88.0. The molecule has 0 heterocycles. The highest BCUT2D eigenvalue weighted by Gasteiger charge is 2.30. The van der Waals surface area contributed by atoms with Gasteiger partial charge in [0.1, 0.15) is 51.1 Å². The molecule has 0 aliphatic heterocycles. The first-order valence-electron chi connectivity index (χ1n) is 30.8. The summed E-state index contributed by atoms with van der Waals surface area (Å²) in [6, 6.07) is 0. The molecule has 4 atom stereocenters. The van der Waals surface area contributed by atoms with Crippen LogP contribution in [0.5, 0.6) is 0 Å². The first-order valence-corrected chi connectivity index (χ1v) is 30.8. The molecule has 0 bridgehead atoms. The van der Waals surface area contributed by atoms with Gasteiger partial charge in [-0.3, -0.25) is 38.8 Å². The Hall–Kier alpha value is -6.24. The molecular formula is C60H110N4O36. The summed E-state index contributed by atoms with van der Waals surface area (Å²) in [6.45, 7) is 27.2. The molecule has 4 N–H and O–H groups in total. The largest absolute Gasteiger partial charge is 0.480 e. The summed E-state index contributed by atoms with van der Waals surface area (Å²) in [5, 5.41) is 35.8. The molecule has 0 aliphatic carbocycles. The first kappa shape index (κ1) is 102. The molecule has 0 rings (SSSR count). The van der Waals surface area contributed by atoms with Crippen LogP contribution in [0.15, 0.2) is 52.6 Å². The summed E-state index contributed by atoms with van der Waals surface area (Å²) in [5.41, 5.74) is 0. The van der Waals surface area contributed by atoms with Crippen LogP contribution in [-0.2, 0) is 153 Å². The Balaban J connectivity index is -0.00000362. The van der Waals surface area contributed by atoms with Crippen LogP contribution >= 0.6 is 0 Å². The van der Waals surface area contributed by atoms with E-state index >= 15 is 0 Å². The lowest BCUT2D eigenvalue weighted by Crippen LogP contribution is -2.49. The predicted molar refractivity (Wildman–Crippen MR) is 345 cm³/mol. The number of aliphatic carboxylic acids is 4. The van der Waals surface area contributed by atoms with E-state index in [4.69, 9.17) is 116 Å². The molecule has 0 saturated heterocycles. The molecular weight excluding hydrogens is 1350 g/mol. The molecule has 0 aromatic carbocycles. The lowest BCUT2D eigenvalue weighted by Gasteiger charge is -2.36. The van der Waals surface area contributed by atoms with Gasteiger partial charge in [0.25, 0.3) is 25.9 Å². The van der Waals surface area contributed by atoms with Crippen molar-refractivity contribution in [2.75, 3.05) is 251 Å². The van der Waals surface area contributed by atoms with E-state index in [0.717, 1.165) is 0 Å². The average Bonchev–Trinajstić information content (AvgIpc) is 0.883. The number of hydrogen-bond donors (Lipinski definition) is 4. The lowest BCUT2D eigenvalue weighted by atomic mass is 10.2. The monoisotopic (exact) mass is 1460 g/mol. The van der Waals surface area contributed by atoms with Gasteiger partial charge in [0.05, 0.1) is 132 Å². The van der Waals surface area contributed by atoms with Gasteiger partial charge in [-0.15, -0.1) is 52.6 Å². The van der Waals surface area contributed by atoms with Crippen molar-refractivity contribution in [2.45, 2.75) is 38.5 Å².